The lowest BCUT2D eigenvalue weighted by molar-refractivity contribution is 0.415. The topological polar surface area (TPSA) is 47.0 Å². The van der Waals surface area contributed by atoms with Gasteiger partial charge in [0.15, 0.2) is 0 Å². The molecule has 1 N–H and O–H groups in total. The van der Waals surface area contributed by atoms with Crippen LogP contribution >= 0.6 is 0 Å². The summed E-state index contributed by atoms with van der Waals surface area (Å²) >= 11 is 0. The van der Waals surface area contributed by atoms with Gasteiger partial charge in [0.2, 0.25) is 5.95 Å². The summed E-state index contributed by atoms with van der Waals surface area (Å²) in [7, 11) is 1.67. The number of fused-ring (bicyclic) bond motifs is 1. The van der Waals surface area contributed by atoms with Crippen LogP contribution in [0.4, 0.5) is 11.6 Å². The van der Waals surface area contributed by atoms with Gasteiger partial charge >= 0.3 is 0 Å². The summed E-state index contributed by atoms with van der Waals surface area (Å²) in [6, 6.07) is 24.0. The van der Waals surface area contributed by atoms with Gasteiger partial charge in [-0.15, -0.1) is 0 Å². The number of nitrogens with zero attached hydrogens (tertiary/aromatic N) is 2. The van der Waals surface area contributed by atoms with Gasteiger partial charge in [-0.25, -0.2) is 9.97 Å². The van der Waals surface area contributed by atoms with Crippen LogP contribution in [0.5, 0.6) is 5.75 Å². The van der Waals surface area contributed by atoms with E-state index in [2.05, 4.69) is 16.4 Å². The molecular weight excluding hydrogens is 310 g/mol. The number of nitrogens with one attached hydrogen (secondary N) is 1. The Balaban J connectivity index is 1.77. The summed E-state index contributed by atoms with van der Waals surface area (Å²) in [5, 5.41) is 4.26. The number of benzene rings is 3. The molecular formula is C21H17N3O. The second-order valence-corrected chi connectivity index (χ2v) is 5.66. The predicted octanol–water partition coefficient (Wildman–Crippen LogP) is 5.05. The average molecular weight is 327 g/mol. The summed E-state index contributed by atoms with van der Waals surface area (Å²) in [5.74, 6) is 1.42. The van der Waals surface area contributed by atoms with E-state index in [1.807, 2.05) is 72.9 Å². The van der Waals surface area contributed by atoms with Crippen molar-refractivity contribution in [3.63, 3.8) is 0 Å². The maximum absolute atomic E-state index is 5.24. The van der Waals surface area contributed by atoms with Crippen molar-refractivity contribution in [2.24, 2.45) is 0 Å². The molecule has 0 unspecified atom stereocenters. The Labute approximate surface area is 146 Å². The van der Waals surface area contributed by atoms with Crippen LogP contribution in [0, 0.1) is 0 Å². The Morgan fingerprint density at radius 2 is 1.64 bits per heavy atom. The number of hydrogen-bond donors (Lipinski definition) is 1. The van der Waals surface area contributed by atoms with Gasteiger partial charge < -0.3 is 10.1 Å². The van der Waals surface area contributed by atoms with Crippen LogP contribution in [0.25, 0.3) is 22.0 Å². The molecule has 25 heavy (non-hydrogen) atoms. The van der Waals surface area contributed by atoms with Gasteiger partial charge in [-0.1, -0.05) is 48.5 Å². The Bertz CT molecular complexity index is 998. The van der Waals surface area contributed by atoms with E-state index in [1.165, 1.54) is 0 Å². The molecule has 0 saturated heterocycles. The first-order chi connectivity index (χ1) is 12.3. The van der Waals surface area contributed by atoms with E-state index in [0.29, 0.717) is 5.95 Å². The highest BCUT2D eigenvalue weighted by Crippen LogP contribution is 2.29. The first-order valence-corrected chi connectivity index (χ1v) is 8.06. The molecule has 1 aromatic heterocycles. The minimum absolute atomic E-state index is 0.583. The van der Waals surface area contributed by atoms with Crippen molar-refractivity contribution >= 4 is 22.5 Å². The predicted molar refractivity (Wildman–Crippen MR) is 101 cm³/mol. The van der Waals surface area contributed by atoms with Gasteiger partial charge in [0.1, 0.15) is 5.75 Å². The second kappa shape index (κ2) is 6.61. The summed E-state index contributed by atoms with van der Waals surface area (Å²) in [4.78, 5) is 9.16. The summed E-state index contributed by atoms with van der Waals surface area (Å²) in [6.07, 6.45) is 1.85. The second-order valence-electron chi connectivity index (χ2n) is 5.66. The van der Waals surface area contributed by atoms with Crippen molar-refractivity contribution in [3.8, 4) is 16.9 Å². The largest absolute Gasteiger partial charge is 0.497 e. The fourth-order valence-electron chi connectivity index (χ4n) is 2.77. The number of methoxy groups -OCH3 is 1. The Hall–Kier alpha value is -3.40. The van der Waals surface area contributed by atoms with Crippen LogP contribution in [0.3, 0.4) is 0 Å². The third kappa shape index (κ3) is 3.15. The summed E-state index contributed by atoms with van der Waals surface area (Å²) < 4.78 is 5.24. The number of aromatic nitrogens is 2. The van der Waals surface area contributed by atoms with Crippen molar-refractivity contribution in [1.82, 2.24) is 9.97 Å². The van der Waals surface area contributed by atoms with Gasteiger partial charge in [0, 0.05) is 22.8 Å². The highest BCUT2D eigenvalue weighted by atomic mass is 16.5. The van der Waals surface area contributed by atoms with Gasteiger partial charge in [-0.2, -0.15) is 0 Å². The molecule has 0 fully saturated rings. The molecule has 4 aromatic rings. The Kier molecular flexibility index (Phi) is 4.01. The lowest BCUT2D eigenvalue weighted by Crippen LogP contribution is -1.97. The van der Waals surface area contributed by atoms with Crippen LogP contribution in [-0.2, 0) is 0 Å². The van der Waals surface area contributed by atoms with E-state index >= 15 is 0 Å². The minimum Gasteiger partial charge on any atom is -0.497 e. The molecule has 1 heterocycles. The molecule has 0 aliphatic carbocycles. The molecule has 4 heteroatoms. The van der Waals surface area contributed by atoms with Crippen molar-refractivity contribution in [3.05, 3.63) is 79.0 Å². The fourth-order valence-corrected chi connectivity index (χ4v) is 2.77. The maximum atomic E-state index is 5.24. The van der Waals surface area contributed by atoms with E-state index in [-0.39, 0.29) is 0 Å². The number of ether oxygens (including phenoxy) is 1. The van der Waals surface area contributed by atoms with Crippen LogP contribution < -0.4 is 10.1 Å². The monoisotopic (exact) mass is 327 g/mol. The highest BCUT2D eigenvalue weighted by molar-refractivity contribution is 5.93. The summed E-state index contributed by atoms with van der Waals surface area (Å²) in [6.45, 7) is 0. The zero-order valence-electron chi connectivity index (χ0n) is 13.8. The molecule has 122 valence electrons. The zero-order valence-corrected chi connectivity index (χ0v) is 13.8. The molecule has 0 aliphatic heterocycles. The Morgan fingerprint density at radius 3 is 2.40 bits per heavy atom. The molecule has 4 nitrogen and oxygen atoms in total. The number of para-hydroxylation sites is 2. The number of rotatable bonds is 4. The first kappa shape index (κ1) is 15.1. The SMILES string of the molecule is COc1ccc(-c2cccc3cnc(Nc4ccccc4)nc23)cc1. The van der Waals surface area contributed by atoms with Crippen molar-refractivity contribution in [2.45, 2.75) is 0 Å². The average Bonchev–Trinajstić information content (AvgIpc) is 2.68. The zero-order chi connectivity index (χ0) is 17.1. The van der Waals surface area contributed by atoms with Crippen LogP contribution in [0.15, 0.2) is 79.0 Å². The van der Waals surface area contributed by atoms with Crippen molar-refractivity contribution in [1.29, 1.82) is 0 Å². The van der Waals surface area contributed by atoms with Gasteiger partial charge in [-0.05, 0) is 29.8 Å². The van der Waals surface area contributed by atoms with E-state index in [9.17, 15) is 0 Å². The van der Waals surface area contributed by atoms with Crippen LogP contribution in [-0.4, -0.2) is 17.1 Å². The van der Waals surface area contributed by atoms with Crippen molar-refractivity contribution < 1.29 is 4.74 Å². The lowest BCUT2D eigenvalue weighted by atomic mass is 10.0. The van der Waals surface area contributed by atoms with Gasteiger partial charge in [0.05, 0.1) is 12.6 Å². The highest BCUT2D eigenvalue weighted by Gasteiger charge is 2.08. The minimum atomic E-state index is 0.583. The van der Waals surface area contributed by atoms with E-state index in [0.717, 1.165) is 33.5 Å². The van der Waals surface area contributed by atoms with Gasteiger partial charge in [-0.3, -0.25) is 0 Å². The molecule has 0 radical (unpaired) electrons. The van der Waals surface area contributed by atoms with E-state index in [1.54, 1.807) is 7.11 Å². The number of hydrogen-bond acceptors (Lipinski definition) is 4. The molecule has 3 aromatic carbocycles. The van der Waals surface area contributed by atoms with E-state index < -0.39 is 0 Å². The smallest absolute Gasteiger partial charge is 0.227 e. The molecule has 0 amide bonds. The standard InChI is InChI=1S/C21H17N3O/c1-25-18-12-10-15(11-13-18)19-9-5-6-16-14-22-21(24-20(16)19)23-17-7-3-2-4-8-17/h2-14H,1H3,(H,22,23,24). The summed E-state index contributed by atoms with van der Waals surface area (Å²) in [5.41, 5.74) is 4.04. The molecule has 0 bridgehead atoms. The fraction of sp³-hybridized carbons (Fsp3) is 0.0476. The lowest BCUT2D eigenvalue weighted by Gasteiger charge is -2.09. The molecule has 4 rings (SSSR count). The first-order valence-electron chi connectivity index (χ1n) is 8.06. The van der Waals surface area contributed by atoms with Crippen LogP contribution in [0.2, 0.25) is 0 Å². The maximum Gasteiger partial charge on any atom is 0.227 e. The van der Waals surface area contributed by atoms with Crippen LogP contribution in [0.1, 0.15) is 0 Å². The number of anilines is 2. The molecule has 0 atom stereocenters. The third-order valence-corrected chi connectivity index (χ3v) is 4.04. The van der Waals surface area contributed by atoms with Gasteiger partial charge in [0.25, 0.3) is 0 Å². The molecule has 0 aliphatic rings. The van der Waals surface area contributed by atoms with E-state index in [4.69, 9.17) is 9.72 Å². The molecule has 0 spiro atoms. The normalized spacial score (nSPS) is 10.6. The van der Waals surface area contributed by atoms with Crippen molar-refractivity contribution in [2.75, 3.05) is 12.4 Å². The molecule has 0 saturated carbocycles. The third-order valence-electron chi connectivity index (χ3n) is 4.04. The quantitative estimate of drug-likeness (QED) is 0.570. The Morgan fingerprint density at radius 1 is 0.840 bits per heavy atom.